The van der Waals surface area contributed by atoms with Crippen LogP contribution in [0.1, 0.15) is 194 Å². The first-order chi connectivity index (χ1) is 26.5. The Bertz CT molecular complexity index is 1050. The van der Waals surface area contributed by atoms with E-state index in [9.17, 15) is 14.4 Å². The lowest BCUT2D eigenvalue weighted by molar-refractivity contribution is -0.166. The second-order valence-corrected chi connectivity index (χ2v) is 14.2. The highest BCUT2D eigenvalue weighted by Crippen LogP contribution is 2.12. The van der Waals surface area contributed by atoms with Crippen molar-refractivity contribution in [1.82, 2.24) is 0 Å². The molecule has 0 saturated carbocycles. The van der Waals surface area contributed by atoms with E-state index in [1.807, 2.05) is 12.2 Å². The zero-order chi connectivity index (χ0) is 39.4. The van der Waals surface area contributed by atoms with Crippen LogP contribution in [-0.4, -0.2) is 37.2 Å². The fourth-order valence-electron chi connectivity index (χ4n) is 5.61. The number of ether oxygens (including phenoxy) is 3. The van der Waals surface area contributed by atoms with E-state index < -0.39 is 6.10 Å². The molecule has 308 valence electrons. The molecule has 0 N–H and O–H groups in total. The van der Waals surface area contributed by atoms with E-state index in [0.29, 0.717) is 19.3 Å². The Balaban J connectivity index is 4.52. The van der Waals surface area contributed by atoms with Gasteiger partial charge in [-0.25, -0.2) is 0 Å². The summed E-state index contributed by atoms with van der Waals surface area (Å²) in [4.78, 5) is 37.6. The maximum Gasteiger partial charge on any atom is 0.306 e. The molecule has 0 aromatic rings. The molecule has 1 atom stereocenters. The van der Waals surface area contributed by atoms with Crippen molar-refractivity contribution in [3.05, 3.63) is 72.9 Å². The smallest absolute Gasteiger partial charge is 0.306 e. The number of hydrogen-bond donors (Lipinski definition) is 0. The minimum absolute atomic E-state index is 0.106. The van der Waals surface area contributed by atoms with Gasteiger partial charge in [0, 0.05) is 19.3 Å². The van der Waals surface area contributed by atoms with Gasteiger partial charge in [0.05, 0.1) is 0 Å². The van der Waals surface area contributed by atoms with Crippen LogP contribution in [0.25, 0.3) is 0 Å². The minimum atomic E-state index is -0.808. The molecule has 0 aromatic heterocycles. The molecule has 0 radical (unpaired) electrons. The van der Waals surface area contributed by atoms with Crippen molar-refractivity contribution in [2.24, 2.45) is 0 Å². The van der Waals surface area contributed by atoms with Crippen molar-refractivity contribution in [2.75, 3.05) is 13.2 Å². The van der Waals surface area contributed by atoms with E-state index in [1.165, 1.54) is 57.8 Å². The fourth-order valence-corrected chi connectivity index (χ4v) is 5.61. The number of esters is 3. The molecule has 0 spiro atoms. The number of rotatable bonds is 38. The largest absolute Gasteiger partial charge is 0.462 e. The molecule has 1 unspecified atom stereocenters. The lowest BCUT2D eigenvalue weighted by Crippen LogP contribution is -2.30. The summed E-state index contributed by atoms with van der Waals surface area (Å²) in [7, 11) is 0. The first kappa shape index (κ1) is 50.9. The van der Waals surface area contributed by atoms with E-state index in [0.717, 1.165) is 89.9 Å². The Morgan fingerprint density at radius 3 is 1.30 bits per heavy atom. The Kier molecular flexibility index (Phi) is 40.1. The highest BCUT2D eigenvalue weighted by atomic mass is 16.6. The molecular weight excluding hydrogens is 673 g/mol. The predicted octanol–water partition coefficient (Wildman–Crippen LogP) is 13.9. The van der Waals surface area contributed by atoms with Crippen LogP contribution in [0.4, 0.5) is 0 Å². The van der Waals surface area contributed by atoms with E-state index >= 15 is 0 Å². The van der Waals surface area contributed by atoms with Gasteiger partial charge in [0.15, 0.2) is 6.10 Å². The van der Waals surface area contributed by atoms with Gasteiger partial charge in [-0.15, -0.1) is 0 Å². The number of unbranched alkanes of at least 4 members (excludes halogenated alkanes) is 15. The summed E-state index contributed by atoms with van der Waals surface area (Å²) in [6.07, 6.45) is 51.8. The number of carbonyl (C=O) groups is 3. The van der Waals surface area contributed by atoms with Gasteiger partial charge in [0.25, 0.3) is 0 Å². The van der Waals surface area contributed by atoms with Crippen LogP contribution < -0.4 is 0 Å². The fraction of sp³-hybridized carbons (Fsp3) is 0.688. The molecule has 6 heteroatoms. The second kappa shape index (κ2) is 42.6. The van der Waals surface area contributed by atoms with Gasteiger partial charge in [-0.3, -0.25) is 14.4 Å². The average Bonchev–Trinajstić information content (AvgIpc) is 3.17. The van der Waals surface area contributed by atoms with E-state index in [2.05, 4.69) is 81.5 Å². The molecular formula is C48H80O6. The van der Waals surface area contributed by atoms with Gasteiger partial charge >= 0.3 is 17.9 Å². The monoisotopic (exact) mass is 753 g/mol. The molecule has 0 fully saturated rings. The molecule has 0 amide bonds. The molecule has 0 rings (SSSR count). The van der Waals surface area contributed by atoms with Gasteiger partial charge in [0.2, 0.25) is 0 Å². The molecule has 0 heterocycles. The summed E-state index contributed by atoms with van der Waals surface area (Å²) in [6.45, 7) is 6.35. The average molecular weight is 753 g/mol. The molecule has 0 saturated heterocycles. The molecule has 0 aliphatic heterocycles. The Labute approximate surface area is 332 Å². The maximum atomic E-state index is 12.7. The van der Waals surface area contributed by atoms with Crippen molar-refractivity contribution < 1.29 is 28.6 Å². The van der Waals surface area contributed by atoms with Gasteiger partial charge in [-0.2, -0.15) is 0 Å². The zero-order valence-electron chi connectivity index (χ0n) is 35.0. The highest BCUT2D eigenvalue weighted by Gasteiger charge is 2.19. The van der Waals surface area contributed by atoms with Crippen LogP contribution in [0.5, 0.6) is 0 Å². The quantitative estimate of drug-likeness (QED) is 0.0270. The van der Waals surface area contributed by atoms with Crippen LogP contribution in [0.3, 0.4) is 0 Å². The minimum Gasteiger partial charge on any atom is -0.462 e. The van der Waals surface area contributed by atoms with Crippen LogP contribution >= 0.6 is 0 Å². The third-order valence-corrected chi connectivity index (χ3v) is 8.93. The van der Waals surface area contributed by atoms with Gasteiger partial charge < -0.3 is 14.2 Å². The molecule has 6 nitrogen and oxygen atoms in total. The molecule has 54 heavy (non-hydrogen) atoms. The van der Waals surface area contributed by atoms with Crippen LogP contribution in [0, 0.1) is 0 Å². The highest BCUT2D eigenvalue weighted by molar-refractivity contribution is 5.71. The van der Waals surface area contributed by atoms with Gasteiger partial charge in [-0.1, -0.05) is 158 Å². The second-order valence-electron chi connectivity index (χ2n) is 14.2. The van der Waals surface area contributed by atoms with E-state index in [1.54, 1.807) is 0 Å². The topological polar surface area (TPSA) is 78.9 Å². The number of carbonyl (C=O) groups excluding carboxylic acids is 3. The first-order valence-electron chi connectivity index (χ1n) is 21.9. The van der Waals surface area contributed by atoms with Crippen molar-refractivity contribution >= 4 is 17.9 Å². The van der Waals surface area contributed by atoms with Gasteiger partial charge in [0.1, 0.15) is 13.2 Å². The third-order valence-electron chi connectivity index (χ3n) is 8.93. The molecule has 0 aromatic carbocycles. The molecule has 0 aliphatic rings. The molecule has 0 aliphatic carbocycles. The van der Waals surface area contributed by atoms with Crippen molar-refractivity contribution in [2.45, 2.75) is 200 Å². The van der Waals surface area contributed by atoms with E-state index in [-0.39, 0.29) is 37.5 Å². The Morgan fingerprint density at radius 2 is 0.778 bits per heavy atom. The SMILES string of the molecule is CC/C=C\C/C=C\C/C=C\C/C=C\CCC(=O)OCC(COC(=O)CCCCCCC/C=C\CCCC)OC(=O)CCCCCCC/C=C\CCCCC. The van der Waals surface area contributed by atoms with Crippen molar-refractivity contribution in [1.29, 1.82) is 0 Å². The summed E-state index contributed by atoms with van der Waals surface area (Å²) < 4.78 is 16.6. The normalized spacial score (nSPS) is 12.7. The van der Waals surface area contributed by atoms with Crippen molar-refractivity contribution in [3.8, 4) is 0 Å². The maximum absolute atomic E-state index is 12.7. The first-order valence-corrected chi connectivity index (χ1v) is 21.9. The molecule has 0 bridgehead atoms. The predicted molar refractivity (Wildman–Crippen MR) is 228 cm³/mol. The number of hydrogen-bond acceptors (Lipinski definition) is 6. The summed E-state index contributed by atoms with van der Waals surface area (Å²) in [5.41, 5.74) is 0. The summed E-state index contributed by atoms with van der Waals surface area (Å²) in [5, 5.41) is 0. The zero-order valence-corrected chi connectivity index (χ0v) is 35.0. The van der Waals surface area contributed by atoms with Crippen LogP contribution in [0.15, 0.2) is 72.9 Å². The van der Waals surface area contributed by atoms with E-state index in [4.69, 9.17) is 14.2 Å². The van der Waals surface area contributed by atoms with Crippen LogP contribution in [-0.2, 0) is 28.6 Å². The summed E-state index contributed by atoms with van der Waals surface area (Å²) in [5.74, 6) is -1.02. The Morgan fingerprint density at radius 1 is 0.389 bits per heavy atom. The van der Waals surface area contributed by atoms with Crippen molar-refractivity contribution in [3.63, 3.8) is 0 Å². The van der Waals surface area contributed by atoms with Crippen LogP contribution in [0.2, 0.25) is 0 Å². The summed E-state index contributed by atoms with van der Waals surface area (Å²) >= 11 is 0. The standard InChI is InChI=1S/C48H80O6/c1-4-7-10-13-16-19-22-24-27-29-32-35-38-41-47(50)53-44-45(43-52-46(49)40-37-34-31-28-25-21-18-15-12-9-6-3)54-48(51)42-39-36-33-30-26-23-20-17-14-11-8-5-2/h7,10,15-20,24,27,32,35,45H,4-6,8-9,11-14,21-23,25-26,28-31,33-34,36-44H2,1-3H3/b10-7-,18-15-,19-16-,20-17-,27-24-,35-32-. The third kappa shape index (κ3) is 40.0. The number of allylic oxidation sites excluding steroid dienone is 12. The lowest BCUT2D eigenvalue weighted by atomic mass is 10.1. The lowest BCUT2D eigenvalue weighted by Gasteiger charge is -2.18. The summed E-state index contributed by atoms with van der Waals surface area (Å²) in [6, 6.07) is 0. The Hall–Kier alpha value is -3.15. The van der Waals surface area contributed by atoms with Gasteiger partial charge in [-0.05, 0) is 89.9 Å².